The summed E-state index contributed by atoms with van der Waals surface area (Å²) in [6.45, 7) is 3.38. The first-order valence-corrected chi connectivity index (χ1v) is 8.17. The summed E-state index contributed by atoms with van der Waals surface area (Å²) in [5, 5.41) is 5.66. The van der Waals surface area contributed by atoms with E-state index in [1.54, 1.807) is 0 Å². The third kappa shape index (κ3) is 2.78. The van der Waals surface area contributed by atoms with Crippen LogP contribution in [-0.2, 0) is 6.42 Å². The molecule has 1 saturated heterocycles. The van der Waals surface area contributed by atoms with Crippen molar-refractivity contribution >= 4 is 17.3 Å². The van der Waals surface area contributed by atoms with E-state index in [0.29, 0.717) is 5.41 Å². The normalized spacial score (nSPS) is 21.7. The molecular formula is C15H23N3S. The Morgan fingerprint density at radius 2 is 2.37 bits per heavy atom. The lowest BCUT2D eigenvalue weighted by molar-refractivity contribution is 0.151. The summed E-state index contributed by atoms with van der Waals surface area (Å²) in [4.78, 5) is 8.34. The third-order valence-corrected chi connectivity index (χ3v) is 5.53. The standard InChI is InChI=1S/C15H23N3S/c1-16-14(17-9-5-13-4-2-11-19-13)18-10-8-15(12-18)6-3-7-15/h2,4,11H,3,5-10,12H2,1H3,(H,16,17). The molecule has 1 aliphatic carbocycles. The van der Waals surface area contributed by atoms with E-state index < -0.39 is 0 Å². The summed E-state index contributed by atoms with van der Waals surface area (Å²) < 4.78 is 0. The first kappa shape index (κ1) is 13.0. The van der Waals surface area contributed by atoms with Crippen LogP contribution in [0.3, 0.4) is 0 Å². The van der Waals surface area contributed by atoms with Crippen LogP contribution in [0.5, 0.6) is 0 Å². The lowest BCUT2D eigenvalue weighted by Crippen LogP contribution is -2.43. The molecule has 19 heavy (non-hydrogen) atoms. The van der Waals surface area contributed by atoms with Crippen molar-refractivity contribution in [2.24, 2.45) is 10.4 Å². The Labute approximate surface area is 119 Å². The zero-order valence-corrected chi connectivity index (χ0v) is 12.5. The molecule has 0 atom stereocenters. The Balaban J connectivity index is 1.48. The van der Waals surface area contributed by atoms with Gasteiger partial charge in [-0.05, 0) is 42.5 Å². The van der Waals surface area contributed by atoms with E-state index in [1.165, 1.54) is 43.6 Å². The van der Waals surface area contributed by atoms with Crippen molar-refractivity contribution < 1.29 is 0 Å². The summed E-state index contributed by atoms with van der Waals surface area (Å²) in [5.74, 6) is 1.10. The van der Waals surface area contributed by atoms with Crippen LogP contribution in [0.2, 0.25) is 0 Å². The van der Waals surface area contributed by atoms with E-state index in [0.717, 1.165) is 18.9 Å². The molecule has 1 aromatic heterocycles. The highest BCUT2D eigenvalue weighted by Gasteiger charge is 2.43. The van der Waals surface area contributed by atoms with Gasteiger partial charge in [-0.3, -0.25) is 4.99 Å². The molecule has 0 unspecified atom stereocenters. The molecule has 2 fully saturated rings. The Hall–Kier alpha value is -1.03. The lowest BCUT2D eigenvalue weighted by Gasteiger charge is -2.38. The number of guanidine groups is 1. The third-order valence-electron chi connectivity index (χ3n) is 4.60. The number of hydrogen-bond donors (Lipinski definition) is 1. The molecule has 1 aliphatic heterocycles. The highest BCUT2D eigenvalue weighted by Crippen LogP contribution is 2.47. The molecule has 0 radical (unpaired) electrons. The molecule has 0 bridgehead atoms. The number of rotatable bonds is 3. The minimum Gasteiger partial charge on any atom is -0.356 e. The number of nitrogens with zero attached hydrogens (tertiary/aromatic N) is 2. The van der Waals surface area contributed by atoms with E-state index >= 15 is 0 Å². The van der Waals surface area contributed by atoms with Gasteiger partial charge in [0, 0.05) is 31.6 Å². The number of hydrogen-bond acceptors (Lipinski definition) is 2. The Morgan fingerprint density at radius 1 is 1.47 bits per heavy atom. The molecule has 1 saturated carbocycles. The molecule has 0 amide bonds. The highest BCUT2D eigenvalue weighted by molar-refractivity contribution is 7.09. The van der Waals surface area contributed by atoms with Crippen LogP contribution < -0.4 is 5.32 Å². The lowest BCUT2D eigenvalue weighted by atomic mass is 9.68. The fraction of sp³-hybridized carbons (Fsp3) is 0.667. The second-order valence-electron chi connectivity index (χ2n) is 5.83. The molecule has 1 N–H and O–H groups in total. The molecule has 3 rings (SSSR count). The predicted molar refractivity (Wildman–Crippen MR) is 81.9 cm³/mol. The van der Waals surface area contributed by atoms with Crippen LogP contribution in [0.25, 0.3) is 0 Å². The van der Waals surface area contributed by atoms with Crippen LogP contribution in [0.15, 0.2) is 22.5 Å². The fourth-order valence-electron chi connectivity index (χ4n) is 3.29. The Bertz CT molecular complexity index is 434. The van der Waals surface area contributed by atoms with Gasteiger partial charge in [0.05, 0.1) is 0 Å². The first-order valence-electron chi connectivity index (χ1n) is 7.29. The molecular weight excluding hydrogens is 254 g/mol. The monoisotopic (exact) mass is 277 g/mol. The van der Waals surface area contributed by atoms with Gasteiger partial charge < -0.3 is 10.2 Å². The molecule has 1 aromatic rings. The van der Waals surface area contributed by atoms with Gasteiger partial charge in [0.15, 0.2) is 5.96 Å². The zero-order chi connectivity index (χ0) is 13.1. The van der Waals surface area contributed by atoms with Gasteiger partial charge in [-0.15, -0.1) is 11.3 Å². The second-order valence-corrected chi connectivity index (χ2v) is 6.86. The van der Waals surface area contributed by atoms with Gasteiger partial charge in [0.2, 0.25) is 0 Å². The summed E-state index contributed by atoms with van der Waals surface area (Å²) in [6.07, 6.45) is 6.73. The van der Waals surface area contributed by atoms with E-state index in [9.17, 15) is 0 Å². The summed E-state index contributed by atoms with van der Waals surface area (Å²) in [5.41, 5.74) is 0.644. The molecule has 4 heteroatoms. The smallest absolute Gasteiger partial charge is 0.193 e. The average molecular weight is 277 g/mol. The van der Waals surface area contributed by atoms with Crippen LogP contribution in [0.4, 0.5) is 0 Å². The van der Waals surface area contributed by atoms with Crippen molar-refractivity contribution in [1.82, 2.24) is 10.2 Å². The number of nitrogens with one attached hydrogen (secondary N) is 1. The van der Waals surface area contributed by atoms with Gasteiger partial charge in [0.25, 0.3) is 0 Å². The minimum absolute atomic E-state index is 0.644. The van der Waals surface area contributed by atoms with Crippen LogP contribution in [-0.4, -0.2) is 37.5 Å². The molecule has 2 heterocycles. The number of thiophene rings is 1. The van der Waals surface area contributed by atoms with Crippen molar-refractivity contribution in [2.75, 3.05) is 26.7 Å². The SMILES string of the molecule is CN=C(NCCc1cccs1)N1CCC2(CCC2)C1. The van der Waals surface area contributed by atoms with Gasteiger partial charge in [-0.2, -0.15) is 0 Å². The zero-order valence-electron chi connectivity index (χ0n) is 11.7. The fourth-order valence-corrected chi connectivity index (χ4v) is 3.99. The van der Waals surface area contributed by atoms with Gasteiger partial charge in [0.1, 0.15) is 0 Å². The summed E-state index contributed by atoms with van der Waals surface area (Å²) >= 11 is 1.83. The van der Waals surface area contributed by atoms with Gasteiger partial charge in [-0.25, -0.2) is 0 Å². The van der Waals surface area contributed by atoms with E-state index in [1.807, 2.05) is 18.4 Å². The molecule has 3 nitrogen and oxygen atoms in total. The highest BCUT2D eigenvalue weighted by atomic mass is 32.1. The van der Waals surface area contributed by atoms with Gasteiger partial charge >= 0.3 is 0 Å². The maximum absolute atomic E-state index is 4.45. The maximum Gasteiger partial charge on any atom is 0.193 e. The van der Waals surface area contributed by atoms with Crippen molar-refractivity contribution in [1.29, 1.82) is 0 Å². The van der Waals surface area contributed by atoms with E-state index in [2.05, 4.69) is 32.7 Å². The summed E-state index contributed by atoms with van der Waals surface area (Å²) in [7, 11) is 1.90. The van der Waals surface area contributed by atoms with Crippen LogP contribution in [0.1, 0.15) is 30.6 Å². The van der Waals surface area contributed by atoms with Crippen molar-refractivity contribution in [3.8, 4) is 0 Å². The Morgan fingerprint density at radius 3 is 2.95 bits per heavy atom. The molecule has 104 valence electrons. The van der Waals surface area contributed by atoms with Crippen molar-refractivity contribution in [2.45, 2.75) is 32.1 Å². The van der Waals surface area contributed by atoms with Crippen molar-refractivity contribution in [3.05, 3.63) is 22.4 Å². The van der Waals surface area contributed by atoms with E-state index in [-0.39, 0.29) is 0 Å². The first-order chi connectivity index (χ1) is 9.31. The molecule has 0 aromatic carbocycles. The largest absolute Gasteiger partial charge is 0.356 e. The molecule has 2 aliphatic rings. The quantitative estimate of drug-likeness (QED) is 0.679. The topological polar surface area (TPSA) is 27.6 Å². The molecule has 1 spiro atoms. The van der Waals surface area contributed by atoms with E-state index in [4.69, 9.17) is 0 Å². The predicted octanol–water partition coefficient (Wildman–Crippen LogP) is 2.74. The van der Waals surface area contributed by atoms with Crippen molar-refractivity contribution in [3.63, 3.8) is 0 Å². The maximum atomic E-state index is 4.45. The number of aliphatic imine (C=N–C) groups is 1. The second kappa shape index (κ2) is 5.53. The summed E-state index contributed by atoms with van der Waals surface area (Å²) in [6, 6.07) is 4.32. The van der Waals surface area contributed by atoms with Gasteiger partial charge in [-0.1, -0.05) is 12.5 Å². The van der Waals surface area contributed by atoms with Crippen LogP contribution in [0, 0.1) is 5.41 Å². The minimum atomic E-state index is 0.644. The van der Waals surface area contributed by atoms with Crippen LogP contribution >= 0.6 is 11.3 Å². The average Bonchev–Trinajstić information content (AvgIpc) is 3.03. The number of likely N-dealkylation sites (tertiary alicyclic amines) is 1. The Kier molecular flexibility index (Phi) is 3.78.